The third-order valence-electron chi connectivity index (χ3n) is 4.75. The van der Waals surface area contributed by atoms with Gasteiger partial charge in [0.1, 0.15) is 5.82 Å². The first-order valence-electron chi connectivity index (χ1n) is 10.7. The van der Waals surface area contributed by atoms with Crippen LogP contribution < -0.4 is 16.0 Å². The number of carbonyl (C=O) groups excluding carboxylic acids is 1. The third-order valence-corrected chi connectivity index (χ3v) is 4.75. The first-order valence-corrected chi connectivity index (χ1v) is 10.7. The summed E-state index contributed by atoms with van der Waals surface area (Å²) in [5, 5.41) is 9.31. The van der Waals surface area contributed by atoms with Gasteiger partial charge < -0.3 is 20.9 Å². The molecule has 0 unspecified atom stereocenters. The predicted molar refractivity (Wildman–Crippen MR) is 116 cm³/mol. The zero-order valence-corrected chi connectivity index (χ0v) is 17.5. The molecule has 0 atom stereocenters. The Balaban J connectivity index is 1.66. The Hall–Kier alpha value is -2.15. The van der Waals surface area contributed by atoms with Gasteiger partial charge in [-0.25, -0.2) is 4.98 Å². The molecule has 28 heavy (non-hydrogen) atoms. The molecule has 2 heterocycles. The number of nitrogens with one attached hydrogen (secondary N) is 3. The lowest BCUT2D eigenvalue weighted by molar-refractivity contribution is -0.116. The van der Waals surface area contributed by atoms with Crippen molar-refractivity contribution in [1.82, 2.24) is 20.5 Å². The van der Waals surface area contributed by atoms with Crippen LogP contribution in [0, 0.1) is 6.92 Å². The zero-order valence-electron chi connectivity index (χ0n) is 17.5. The molecule has 156 valence electrons. The Morgan fingerprint density at radius 3 is 2.68 bits per heavy atom. The number of aryl methyl sites for hydroxylation is 1. The van der Waals surface area contributed by atoms with E-state index in [9.17, 15) is 4.79 Å². The predicted octanol–water partition coefficient (Wildman–Crippen LogP) is 2.54. The van der Waals surface area contributed by atoms with Crippen molar-refractivity contribution in [2.24, 2.45) is 4.99 Å². The van der Waals surface area contributed by atoms with Gasteiger partial charge in [0.15, 0.2) is 5.96 Å². The van der Waals surface area contributed by atoms with Crippen LogP contribution in [0.2, 0.25) is 0 Å². The topological polar surface area (TPSA) is 81.7 Å². The maximum absolute atomic E-state index is 12.1. The van der Waals surface area contributed by atoms with Crippen LogP contribution in [0.25, 0.3) is 0 Å². The van der Waals surface area contributed by atoms with E-state index >= 15 is 0 Å². The van der Waals surface area contributed by atoms with E-state index < -0.39 is 0 Å². The van der Waals surface area contributed by atoms with Gasteiger partial charge in [0.25, 0.3) is 0 Å². The smallest absolute Gasteiger partial charge is 0.227 e. The molecule has 0 radical (unpaired) electrons. The molecule has 1 aliphatic heterocycles. The highest BCUT2D eigenvalue weighted by Crippen LogP contribution is 2.09. The van der Waals surface area contributed by atoms with E-state index in [-0.39, 0.29) is 5.91 Å². The largest absolute Gasteiger partial charge is 0.357 e. The highest BCUT2D eigenvalue weighted by Gasteiger charge is 2.08. The van der Waals surface area contributed by atoms with E-state index in [0.717, 1.165) is 37.7 Å². The molecule has 1 amide bonds. The molecule has 0 spiro atoms. The van der Waals surface area contributed by atoms with Gasteiger partial charge in [-0.2, -0.15) is 0 Å². The third kappa shape index (κ3) is 9.17. The van der Waals surface area contributed by atoms with Gasteiger partial charge in [-0.15, -0.1) is 0 Å². The standard InChI is InChI=1S/C21H36N6O/c1-3-22-21(23-13-9-17-27-15-6-4-5-7-16-27)24-14-12-20(28)26-19-11-8-10-18(2)25-19/h8,10-11H,3-7,9,12-17H2,1-2H3,(H2,22,23,24)(H,25,26,28). The van der Waals surface area contributed by atoms with E-state index in [1.165, 1.54) is 38.8 Å². The average molecular weight is 389 g/mol. The molecule has 1 aliphatic rings. The van der Waals surface area contributed by atoms with Crippen LogP contribution in [-0.4, -0.2) is 61.0 Å². The van der Waals surface area contributed by atoms with E-state index in [0.29, 0.717) is 18.8 Å². The number of hydrogen-bond acceptors (Lipinski definition) is 4. The number of anilines is 1. The number of likely N-dealkylation sites (tertiary alicyclic amines) is 1. The minimum absolute atomic E-state index is 0.0531. The summed E-state index contributed by atoms with van der Waals surface area (Å²) in [6, 6.07) is 5.59. The van der Waals surface area contributed by atoms with Gasteiger partial charge in [0.2, 0.25) is 5.91 Å². The van der Waals surface area contributed by atoms with Crippen molar-refractivity contribution in [1.29, 1.82) is 0 Å². The number of rotatable bonds is 9. The van der Waals surface area contributed by atoms with Gasteiger partial charge in [-0.3, -0.25) is 9.79 Å². The van der Waals surface area contributed by atoms with Gasteiger partial charge in [0.05, 0.1) is 0 Å². The fraction of sp³-hybridized carbons (Fsp3) is 0.667. The number of aliphatic imine (C=N–C) groups is 1. The molecule has 2 rings (SSSR count). The minimum atomic E-state index is -0.0531. The SMILES string of the molecule is CCNC(=NCCCN1CCCCCC1)NCCC(=O)Nc1cccc(C)n1. The zero-order chi connectivity index (χ0) is 20.0. The van der Waals surface area contributed by atoms with Crippen molar-refractivity contribution in [3.05, 3.63) is 23.9 Å². The number of carbonyl (C=O) groups is 1. The lowest BCUT2D eigenvalue weighted by atomic mass is 10.2. The summed E-state index contributed by atoms with van der Waals surface area (Å²) in [6.45, 7) is 9.67. The summed E-state index contributed by atoms with van der Waals surface area (Å²) >= 11 is 0. The fourth-order valence-corrected chi connectivity index (χ4v) is 3.30. The van der Waals surface area contributed by atoms with Crippen molar-refractivity contribution < 1.29 is 4.79 Å². The summed E-state index contributed by atoms with van der Waals surface area (Å²) in [5.74, 6) is 1.32. The Morgan fingerprint density at radius 2 is 1.96 bits per heavy atom. The number of amides is 1. The van der Waals surface area contributed by atoms with Crippen LogP contribution in [0.15, 0.2) is 23.2 Å². The maximum Gasteiger partial charge on any atom is 0.227 e. The molecule has 0 aromatic carbocycles. The van der Waals surface area contributed by atoms with Crippen LogP contribution in [-0.2, 0) is 4.79 Å². The number of pyridine rings is 1. The van der Waals surface area contributed by atoms with E-state index in [2.05, 4.69) is 30.8 Å². The quantitative estimate of drug-likeness (QED) is 0.344. The maximum atomic E-state index is 12.1. The van der Waals surface area contributed by atoms with Crippen LogP contribution in [0.5, 0.6) is 0 Å². The Morgan fingerprint density at radius 1 is 1.18 bits per heavy atom. The van der Waals surface area contributed by atoms with Gasteiger partial charge in [0, 0.05) is 31.7 Å². The Bertz CT molecular complexity index is 611. The van der Waals surface area contributed by atoms with Crippen molar-refractivity contribution >= 4 is 17.7 Å². The Kier molecular flexibility index (Phi) is 10.4. The molecule has 7 heteroatoms. The summed E-state index contributed by atoms with van der Waals surface area (Å²) in [5.41, 5.74) is 0.887. The second kappa shape index (κ2) is 13.1. The van der Waals surface area contributed by atoms with Crippen LogP contribution >= 0.6 is 0 Å². The first-order chi connectivity index (χ1) is 13.7. The first kappa shape index (κ1) is 22.1. The number of aromatic nitrogens is 1. The molecule has 0 saturated carbocycles. The molecular weight excluding hydrogens is 352 g/mol. The monoisotopic (exact) mass is 388 g/mol. The van der Waals surface area contributed by atoms with Crippen molar-refractivity contribution in [2.45, 2.75) is 52.4 Å². The molecule has 7 nitrogen and oxygen atoms in total. The minimum Gasteiger partial charge on any atom is -0.357 e. The second-order valence-corrected chi connectivity index (χ2v) is 7.26. The molecule has 3 N–H and O–H groups in total. The second-order valence-electron chi connectivity index (χ2n) is 7.26. The van der Waals surface area contributed by atoms with E-state index in [1.54, 1.807) is 6.07 Å². The number of hydrogen-bond donors (Lipinski definition) is 3. The molecule has 0 bridgehead atoms. The van der Waals surface area contributed by atoms with Gasteiger partial charge in [-0.05, 0) is 64.9 Å². The van der Waals surface area contributed by atoms with E-state index in [4.69, 9.17) is 0 Å². The highest BCUT2D eigenvalue weighted by atomic mass is 16.1. The van der Waals surface area contributed by atoms with E-state index in [1.807, 2.05) is 26.0 Å². The lowest BCUT2D eigenvalue weighted by Gasteiger charge is -2.19. The molecule has 1 fully saturated rings. The summed E-state index contributed by atoms with van der Waals surface area (Å²) < 4.78 is 0. The summed E-state index contributed by atoms with van der Waals surface area (Å²) in [4.78, 5) is 23.6. The molecule has 1 aromatic heterocycles. The molecule has 1 saturated heterocycles. The number of guanidine groups is 1. The summed E-state index contributed by atoms with van der Waals surface area (Å²) in [6.07, 6.45) is 6.83. The average Bonchev–Trinajstić information content (AvgIpc) is 2.94. The van der Waals surface area contributed by atoms with Crippen molar-refractivity contribution in [3.8, 4) is 0 Å². The van der Waals surface area contributed by atoms with Crippen LogP contribution in [0.4, 0.5) is 5.82 Å². The van der Waals surface area contributed by atoms with Crippen LogP contribution in [0.3, 0.4) is 0 Å². The highest BCUT2D eigenvalue weighted by molar-refractivity contribution is 5.90. The van der Waals surface area contributed by atoms with Gasteiger partial charge in [-0.1, -0.05) is 18.9 Å². The molecule has 1 aromatic rings. The summed E-state index contributed by atoms with van der Waals surface area (Å²) in [7, 11) is 0. The van der Waals surface area contributed by atoms with Crippen molar-refractivity contribution in [2.75, 3.05) is 44.6 Å². The van der Waals surface area contributed by atoms with Gasteiger partial charge >= 0.3 is 0 Å². The van der Waals surface area contributed by atoms with Crippen LogP contribution in [0.1, 0.15) is 51.1 Å². The van der Waals surface area contributed by atoms with Crippen molar-refractivity contribution in [3.63, 3.8) is 0 Å². The lowest BCUT2D eigenvalue weighted by Crippen LogP contribution is -2.39. The Labute approximate surface area is 169 Å². The molecule has 0 aliphatic carbocycles. The normalized spacial score (nSPS) is 15.7. The number of nitrogens with zero attached hydrogens (tertiary/aromatic N) is 3. The fourth-order valence-electron chi connectivity index (χ4n) is 3.30. The molecular formula is C21H36N6O.